The molecule has 6 nitrogen and oxygen atoms in total. The highest BCUT2D eigenvalue weighted by molar-refractivity contribution is 5.76. The van der Waals surface area contributed by atoms with Crippen LogP contribution in [0.2, 0.25) is 0 Å². The summed E-state index contributed by atoms with van der Waals surface area (Å²) in [5, 5.41) is 23.2. The van der Waals surface area contributed by atoms with Gasteiger partial charge in [-0.25, -0.2) is 0 Å². The summed E-state index contributed by atoms with van der Waals surface area (Å²) >= 11 is 0. The molecule has 62 heavy (non-hydrogen) atoms. The summed E-state index contributed by atoms with van der Waals surface area (Å²) in [6.45, 7) is 4.91. The molecule has 0 bridgehead atoms. The van der Waals surface area contributed by atoms with Gasteiger partial charge in [-0.3, -0.25) is 9.59 Å². The molecule has 0 spiro atoms. The minimum absolute atomic E-state index is 0.0126. The number of rotatable bonds is 51. The van der Waals surface area contributed by atoms with Crippen molar-refractivity contribution in [1.82, 2.24) is 5.32 Å². The van der Waals surface area contributed by atoms with E-state index >= 15 is 0 Å². The first-order valence-electron chi connectivity index (χ1n) is 27.6. The molecule has 3 N–H and O–H groups in total. The highest BCUT2D eigenvalue weighted by Crippen LogP contribution is 2.17. The fraction of sp³-hybridized carbons (Fsp3) is 0.893. The fourth-order valence-corrected chi connectivity index (χ4v) is 8.49. The van der Waals surface area contributed by atoms with Gasteiger partial charge in [-0.2, -0.15) is 0 Å². The smallest absolute Gasteiger partial charge is 0.305 e. The van der Waals surface area contributed by atoms with E-state index in [0.29, 0.717) is 25.9 Å². The molecule has 0 aliphatic heterocycles. The molecule has 0 aliphatic carbocycles. The molecule has 0 heterocycles. The molecule has 0 radical (unpaired) electrons. The van der Waals surface area contributed by atoms with Crippen LogP contribution in [-0.2, 0) is 14.3 Å². The molecule has 0 aromatic rings. The van der Waals surface area contributed by atoms with E-state index in [2.05, 4.69) is 43.5 Å². The number of aliphatic hydroxyl groups is 2. The van der Waals surface area contributed by atoms with E-state index in [4.69, 9.17) is 4.74 Å². The van der Waals surface area contributed by atoms with Crippen molar-refractivity contribution in [2.75, 3.05) is 13.2 Å². The van der Waals surface area contributed by atoms with Crippen LogP contribution < -0.4 is 5.32 Å². The van der Waals surface area contributed by atoms with Crippen LogP contribution in [0.1, 0.15) is 296 Å². The third-order valence-corrected chi connectivity index (χ3v) is 12.8. The predicted octanol–water partition coefficient (Wildman–Crippen LogP) is 16.7. The molecule has 2 unspecified atom stereocenters. The normalized spacial score (nSPS) is 12.8. The first kappa shape index (κ1) is 60.3. The molecular formula is C56H107NO5. The molecule has 0 aromatic heterocycles. The predicted molar refractivity (Wildman–Crippen MR) is 269 cm³/mol. The maximum Gasteiger partial charge on any atom is 0.305 e. The largest absolute Gasteiger partial charge is 0.466 e. The van der Waals surface area contributed by atoms with Crippen LogP contribution in [0.4, 0.5) is 0 Å². The lowest BCUT2D eigenvalue weighted by Gasteiger charge is -2.22. The number of amides is 1. The van der Waals surface area contributed by atoms with Crippen LogP contribution in [0.15, 0.2) is 24.3 Å². The molecule has 0 rings (SSSR count). The number of allylic oxidation sites excluding steroid dienone is 4. The lowest BCUT2D eigenvalue weighted by Crippen LogP contribution is -2.45. The van der Waals surface area contributed by atoms with Gasteiger partial charge in [0.2, 0.25) is 5.91 Å². The van der Waals surface area contributed by atoms with E-state index < -0.39 is 12.1 Å². The highest BCUT2D eigenvalue weighted by Gasteiger charge is 2.20. The Morgan fingerprint density at radius 1 is 0.452 bits per heavy atom. The van der Waals surface area contributed by atoms with E-state index in [-0.39, 0.29) is 18.5 Å². The zero-order valence-corrected chi connectivity index (χ0v) is 41.6. The molecule has 0 aliphatic rings. The SMILES string of the molecule is CCCCCCCCCCCCCCCCCC(=O)OCCCCC/C=C\C/C=C\CCCCCCCCCC(=O)NC(CO)C(O)CCCCCCCCCCCCCCC. The second-order valence-electron chi connectivity index (χ2n) is 18.9. The van der Waals surface area contributed by atoms with Gasteiger partial charge < -0.3 is 20.3 Å². The van der Waals surface area contributed by atoms with E-state index in [1.165, 1.54) is 180 Å². The number of nitrogens with one attached hydrogen (secondary N) is 1. The van der Waals surface area contributed by atoms with Crippen molar-refractivity contribution in [1.29, 1.82) is 0 Å². The lowest BCUT2D eigenvalue weighted by atomic mass is 10.0. The van der Waals surface area contributed by atoms with Crippen LogP contribution in [0, 0.1) is 0 Å². The van der Waals surface area contributed by atoms with Gasteiger partial charge in [0.05, 0.1) is 25.4 Å². The fourth-order valence-electron chi connectivity index (χ4n) is 8.49. The zero-order valence-electron chi connectivity index (χ0n) is 41.6. The van der Waals surface area contributed by atoms with Crippen molar-refractivity contribution in [3.8, 4) is 0 Å². The Balaban J connectivity index is 3.48. The summed E-state index contributed by atoms with van der Waals surface area (Å²) in [5.41, 5.74) is 0. The standard InChI is InChI=1S/C56H107NO5/c1-3-5-7-9-11-13-15-17-21-26-30-34-38-42-46-50-56(61)62-51-47-43-39-35-31-27-23-20-18-19-22-25-29-33-37-41-45-49-55(60)57-53(52-58)54(59)48-44-40-36-32-28-24-16-14-12-10-8-6-4-2/h18,20,27,31,53-54,58-59H,3-17,19,21-26,28-30,32-52H2,1-2H3,(H,57,60)/b20-18-,31-27-. The van der Waals surface area contributed by atoms with E-state index in [9.17, 15) is 19.8 Å². The Labute approximate surface area is 386 Å². The third kappa shape index (κ3) is 47.8. The second-order valence-corrected chi connectivity index (χ2v) is 18.9. The molecule has 0 saturated heterocycles. The lowest BCUT2D eigenvalue weighted by molar-refractivity contribution is -0.143. The quantitative estimate of drug-likeness (QED) is 0.0321. The molecule has 0 fully saturated rings. The number of hydrogen-bond acceptors (Lipinski definition) is 5. The van der Waals surface area contributed by atoms with Crippen LogP contribution in [0.5, 0.6) is 0 Å². The molecule has 1 amide bonds. The number of esters is 1. The summed E-state index contributed by atoms with van der Waals surface area (Å²) in [4.78, 5) is 24.5. The van der Waals surface area contributed by atoms with Crippen LogP contribution in [0.3, 0.4) is 0 Å². The van der Waals surface area contributed by atoms with Gasteiger partial charge in [0.25, 0.3) is 0 Å². The molecule has 0 saturated carbocycles. The van der Waals surface area contributed by atoms with Crippen LogP contribution in [0.25, 0.3) is 0 Å². The Morgan fingerprint density at radius 2 is 0.806 bits per heavy atom. The maximum absolute atomic E-state index is 12.4. The van der Waals surface area contributed by atoms with Gasteiger partial charge in [0.1, 0.15) is 0 Å². The van der Waals surface area contributed by atoms with Gasteiger partial charge >= 0.3 is 5.97 Å². The van der Waals surface area contributed by atoms with Crippen molar-refractivity contribution in [3.05, 3.63) is 24.3 Å². The van der Waals surface area contributed by atoms with Gasteiger partial charge in [-0.1, -0.05) is 244 Å². The number of unbranched alkanes of at least 4 members (excludes halogenated alkanes) is 36. The van der Waals surface area contributed by atoms with Crippen molar-refractivity contribution in [3.63, 3.8) is 0 Å². The molecule has 6 heteroatoms. The number of aliphatic hydroxyl groups excluding tert-OH is 2. The zero-order chi connectivity index (χ0) is 45.1. The Morgan fingerprint density at radius 3 is 1.23 bits per heavy atom. The Hall–Kier alpha value is -1.66. The molecule has 0 aromatic carbocycles. The summed E-state index contributed by atoms with van der Waals surface area (Å²) in [6.07, 6.45) is 61.6. The average Bonchev–Trinajstić information content (AvgIpc) is 3.27. The van der Waals surface area contributed by atoms with Gasteiger partial charge in [0.15, 0.2) is 0 Å². The van der Waals surface area contributed by atoms with Crippen molar-refractivity contribution >= 4 is 11.9 Å². The molecule has 2 atom stereocenters. The van der Waals surface area contributed by atoms with Crippen molar-refractivity contribution in [2.24, 2.45) is 0 Å². The van der Waals surface area contributed by atoms with Gasteiger partial charge in [-0.05, 0) is 64.2 Å². The second kappa shape index (κ2) is 52.0. The van der Waals surface area contributed by atoms with Crippen LogP contribution in [-0.4, -0.2) is 47.4 Å². The van der Waals surface area contributed by atoms with Gasteiger partial charge in [0, 0.05) is 12.8 Å². The minimum atomic E-state index is -0.673. The summed E-state index contributed by atoms with van der Waals surface area (Å²) in [7, 11) is 0. The monoisotopic (exact) mass is 874 g/mol. The van der Waals surface area contributed by atoms with Gasteiger partial charge in [-0.15, -0.1) is 0 Å². The number of hydrogen-bond donors (Lipinski definition) is 3. The topological polar surface area (TPSA) is 95.9 Å². The first-order chi connectivity index (χ1) is 30.5. The van der Waals surface area contributed by atoms with Crippen molar-refractivity contribution < 1.29 is 24.5 Å². The number of carbonyl (C=O) groups is 2. The molecular weight excluding hydrogens is 767 g/mol. The number of carbonyl (C=O) groups excluding carboxylic acids is 2. The highest BCUT2D eigenvalue weighted by atomic mass is 16.5. The molecule has 366 valence electrons. The van der Waals surface area contributed by atoms with E-state index in [0.717, 1.165) is 83.5 Å². The maximum atomic E-state index is 12.4. The van der Waals surface area contributed by atoms with Crippen molar-refractivity contribution in [2.45, 2.75) is 309 Å². The summed E-state index contributed by atoms with van der Waals surface area (Å²) < 4.78 is 5.45. The number of ether oxygens (including phenoxy) is 1. The summed E-state index contributed by atoms with van der Waals surface area (Å²) in [6, 6.07) is -0.552. The minimum Gasteiger partial charge on any atom is -0.466 e. The van der Waals surface area contributed by atoms with Crippen LogP contribution >= 0.6 is 0 Å². The Bertz CT molecular complexity index is 966. The average molecular weight is 874 g/mol. The Kier molecular flexibility index (Phi) is 50.6. The first-order valence-corrected chi connectivity index (χ1v) is 27.6. The third-order valence-electron chi connectivity index (χ3n) is 12.8. The van der Waals surface area contributed by atoms with E-state index in [1.807, 2.05) is 0 Å². The summed E-state index contributed by atoms with van der Waals surface area (Å²) in [5.74, 6) is -0.0634. The van der Waals surface area contributed by atoms with E-state index in [1.54, 1.807) is 0 Å².